The molecule has 3 aromatic carbocycles. The first kappa shape index (κ1) is 28.1. The predicted octanol–water partition coefficient (Wildman–Crippen LogP) is 7.40. The van der Waals surface area contributed by atoms with Crippen molar-refractivity contribution in [3.63, 3.8) is 0 Å². The number of benzene rings is 3. The molecule has 1 aromatic heterocycles. The van der Waals surface area contributed by atoms with Crippen LogP contribution in [0.4, 0.5) is 5.13 Å². The number of unbranched alkanes of at least 4 members (excludes halogenated alkanes) is 1. The van der Waals surface area contributed by atoms with Crippen LogP contribution in [0, 0.1) is 0 Å². The number of ketones is 1. The van der Waals surface area contributed by atoms with Crippen LogP contribution < -0.4 is 9.64 Å². The Morgan fingerprint density at radius 2 is 1.75 bits per heavy atom. The van der Waals surface area contributed by atoms with E-state index >= 15 is 0 Å². The molecule has 0 aliphatic carbocycles. The Labute approximate surface area is 249 Å². The molecule has 1 aliphatic heterocycles. The number of anilines is 1. The summed E-state index contributed by atoms with van der Waals surface area (Å²) in [6.45, 7) is 2.69. The Hall–Kier alpha value is -3.47. The van der Waals surface area contributed by atoms with Crippen LogP contribution in [0.3, 0.4) is 0 Å². The van der Waals surface area contributed by atoms with Gasteiger partial charge in [0.1, 0.15) is 11.5 Å². The molecule has 40 heavy (non-hydrogen) atoms. The first-order valence-corrected chi connectivity index (χ1v) is 15.4. The fraction of sp³-hybridized carbons (Fsp3) is 0.200. The van der Waals surface area contributed by atoms with Gasteiger partial charge in [0.05, 0.1) is 18.2 Å². The third kappa shape index (κ3) is 6.14. The number of hydrogen-bond acceptors (Lipinski definition) is 8. The molecule has 1 amide bonds. The number of nitrogens with zero attached hydrogens (tertiary/aromatic N) is 3. The number of hydrogen-bond donors (Lipinski definition) is 1. The smallest absolute Gasteiger partial charge is 0.301 e. The van der Waals surface area contributed by atoms with Crippen molar-refractivity contribution in [1.82, 2.24) is 10.2 Å². The third-order valence-corrected chi connectivity index (χ3v) is 8.99. The fourth-order valence-corrected chi connectivity index (χ4v) is 6.35. The van der Waals surface area contributed by atoms with Gasteiger partial charge in [-0.25, -0.2) is 0 Å². The lowest BCUT2D eigenvalue weighted by molar-refractivity contribution is -0.132. The van der Waals surface area contributed by atoms with Crippen molar-refractivity contribution in [3.8, 4) is 5.75 Å². The highest BCUT2D eigenvalue weighted by Crippen LogP contribution is 2.44. The van der Waals surface area contributed by atoms with Gasteiger partial charge in [-0.1, -0.05) is 94.8 Å². The van der Waals surface area contributed by atoms with E-state index in [2.05, 4.69) is 33.1 Å². The summed E-state index contributed by atoms with van der Waals surface area (Å²) in [6, 6.07) is 23.3. The van der Waals surface area contributed by atoms with Crippen LogP contribution in [0.25, 0.3) is 5.76 Å². The Morgan fingerprint density at radius 1 is 1.02 bits per heavy atom. The molecular formula is C30H26BrN3O4S2. The lowest BCUT2D eigenvalue weighted by Crippen LogP contribution is -2.29. The summed E-state index contributed by atoms with van der Waals surface area (Å²) in [5.74, 6) is -0.420. The normalized spacial score (nSPS) is 16.4. The molecule has 1 aliphatic rings. The maximum Gasteiger partial charge on any atom is 0.301 e. The summed E-state index contributed by atoms with van der Waals surface area (Å²) in [6.07, 6.45) is 1.97. The van der Waals surface area contributed by atoms with E-state index in [1.54, 1.807) is 24.3 Å². The zero-order chi connectivity index (χ0) is 28.1. The van der Waals surface area contributed by atoms with Gasteiger partial charge in [-0.2, -0.15) is 0 Å². The lowest BCUT2D eigenvalue weighted by Gasteiger charge is -2.22. The number of aliphatic hydroxyl groups excluding tert-OH is 1. The van der Waals surface area contributed by atoms with Gasteiger partial charge in [0, 0.05) is 15.8 Å². The van der Waals surface area contributed by atoms with Gasteiger partial charge in [0.25, 0.3) is 5.78 Å². The molecule has 5 rings (SSSR count). The number of ether oxygens (including phenoxy) is 1. The number of Topliss-reactive ketones (excluding diaryl/α,β-unsaturated/α-hetero) is 1. The van der Waals surface area contributed by atoms with E-state index < -0.39 is 17.7 Å². The molecule has 0 bridgehead atoms. The van der Waals surface area contributed by atoms with E-state index in [1.165, 1.54) is 28.0 Å². The van der Waals surface area contributed by atoms with Crippen LogP contribution in [0.2, 0.25) is 0 Å². The third-order valence-electron chi connectivity index (χ3n) is 6.33. The van der Waals surface area contributed by atoms with Crippen LogP contribution in [0.1, 0.15) is 42.5 Å². The van der Waals surface area contributed by atoms with Crippen molar-refractivity contribution in [3.05, 3.63) is 106 Å². The van der Waals surface area contributed by atoms with Crippen molar-refractivity contribution in [1.29, 1.82) is 0 Å². The van der Waals surface area contributed by atoms with Gasteiger partial charge in [-0.05, 0) is 53.9 Å². The predicted molar refractivity (Wildman–Crippen MR) is 162 cm³/mol. The van der Waals surface area contributed by atoms with Crippen molar-refractivity contribution in [2.45, 2.75) is 35.9 Å². The second kappa shape index (κ2) is 12.8. The molecule has 1 unspecified atom stereocenters. The van der Waals surface area contributed by atoms with E-state index in [1.807, 2.05) is 54.6 Å². The van der Waals surface area contributed by atoms with Gasteiger partial charge < -0.3 is 9.84 Å². The molecule has 2 heterocycles. The number of amides is 1. The highest BCUT2D eigenvalue weighted by atomic mass is 79.9. The summed E-state index contributed by atoms with van der Waals surface area (Å²) in [7, 11) is 0. The minimum Gasteiger partial charge on any atom is -0.507 e. The van der Waals surface area contributed by atoms with E-state index in [0.29, 0.717) is 38.7 Å². The average molecular weight is 637 g/mol. The highest BCUT2D eigenvalue weighted by Gasteiger charge is 2.48. The molecule has 204 valence electrons. The van der Waals surface area contributed by atoms with Gasteiger partial charge in [-0.3, -0.25) is 14.5 Å². The molecule has 1 N–H and O–H groups in total. The highest BCUT2D eigenvalue weighted by molar-refractivity contribution is 9.10. The van der Waals surface area contributed by atoms with Crippen molar-refractivity contribution >= 4 is 61.6 Å². The molecule has 4 aromatic rings. The van der Waals surface area contributed by atoms with Gasteiger partial charge in [0.15, 0.2) is 4.34 Å². The fourth-order valence-electron chi connectivity index (χ4n) is 4.27. The molecule has 0 saturated carbocycles. The molecule has 1 saturated heterocycles. The number of aromatic nitrogens is 2. The number of rotatable bonds is 10. The molecule has 7 nitrogen and oxygen atoms in total. The molecule has 0 spiro atoms. The first-order chi connectivity index (χ1) is 19.5. The van der Waals surface area contributed by atoms with Gasteiger partial charge in [-0.15, -0.1) is 10.2 Å². The average Bonchev–Trinajstić information content (AvgIpc) is 3.55. The number of carbonyl (C=O) groups excluding carboxylic acids is 2. The monoisotopic (exact) mass is 635 g/mol. The standard InChI is InChI=1S/C30H26BrN3O4S2/c1-2-3-17-38-23-15-11-21(12-16-23)26(35)24-25(20-9-13-22(31)14-10-20)34(28(37)27(24)36)29-32-33-30(40-29)39-18-19-7-5-4-6-8-19/h4-16,25,35H,2-3,17-18H2,1H3. The topological polar surface area (TPSA) is 92.6 Å². The second-order valence-electron chi connectivity index (χ2n) is 9.07. The summed E-state index contributed by atoms with van der Waals surface area (Å²) < 4.78 is 7.25. The maximum atomic E-state index is 13.4. The lowest BCUT2D eigenvalue weighted by atomic mass is 9.95. The summed E-state index contributed by atoms with van der Waals surface area (Å²) in [5.41, 5.74) is 2.22. The summed E-state index contributed by atoms with van der Waals surface area (Å²) >= 11 is 6.19. The summed E-state index contributed by atoms with van der Waals surface area (Å²) in [5, 5.41) is 20.2. The minimum atomic E-state index is -0.867. The van der Waals surface area contributed by atoms with Gasteiger partial charge in [0.2, 0.25) is 5.13 Å². The first-order valence-electron chi connectivity index (χ1n) is 12.8. The number of thioether (sulfide) groups is 1. The largest absolute Gasteiger partial charge is 0.507 e. The summed E-state index contributed by atoms with van der Waals surface area (Å²) in [4.78, 5) is 28.2. The minimum absolute atomic E-state index is 0.000613. The number of halogens is 1. The van der Waals surface area contributed by atoms with Gasteiger partial charge >= 0.3 is 5.91 Å². The molecule has 1 atom stereocenters. The van der Waals surface area contributed by atoms with Crippen LogP contribution in [-0.2, 0) is 15.3 Å². The Balaban J connectivity index is 1.49. The van der Waals surface area contributed by atoms with E-state index in [-0.39, 0.29) is 11.3 Å². The second-order valence-corrected chi connectivity index (χ2v) is 12.2. The van der Waals surface area contributed by atoms with Crippen LogP contribution in [-0.4, -0.2) is 33.6 Å². The Bertz CT molecular complexity index is 1520. The quantitative estimate of drug-likeness (QED) is 0.0485. The van der Waals surface area contributed by atoms with Crippen molar-refractivity contribution in [2.75, 3.05) is 11.5 Å². The van der Waals surface area contributed by atoms with Crippen molar-refractivity contribution < 1.29 is 19.4 Å². The van der Waals surface area contributed by atoms with Crippen LogP contribution in [0.15, 0.2) is 93.2 Å². The molecule has 10 heteroatoms. The molecular weight excluding hydrogens is 610 g/mol. The number of carbonyl (C=O) groups is 2. The van der Waals surface area contributed by atoms with Crippen LogP contribution >= 0.6 is 39.0 Å². The van der Waals surface area contributed by atoms with Crippen molar-refractivity contribution in [2.24, 2.45) is 0 Å². The van der Waals surface area contributed by atoms with E-state index in [9.17, 15) is 14.7 Å². The maximum absolute atomic E-state index is 13.4. The zero-order valence-electron chi connectivity index (χ0n) is 21.6. The zero-order valence-corrected chi connectivity index (χ0v) is 24.8. The van der Waals surface area contributed by atoms with Crippen LogP contribution in [0.5, 0.6) is 5.75 Å². The molecule has 0 radical (unpaired) electrons. The van der Waals surface area contributed by atoms with E-state index in [0.717, 1.165) is 22.9 Å². The number of aliphatic hydroxyl groups is 1. The molecule has 1 fully saturated rings. The Morgan fingerprint density at radius 3 is 2.45 bits per heavy atom. The Kier molecular flexibility index (Phi) is 8.98. The van der Waals surface area contributed by atoms with E-state index in [4.69, 9.17) is 4.74 Å². The SMILES string of the molecule is CCCCOc1ccc(C(O)=C2C(=O)C(=O)N(c3nnc(SCc4ccccc4)s3)C2c2ccc(Br)cc2)cc1.